The molecule has 0 saturated carbocycles. The Labute approximate surface area is 148 Å². The topological polar surface area (TPSA) is 47.6 Å². The predicted octanol–water partition coefficient (Wildman–Crippen LogP) is 3.26. The van der Waals surface area contributed by atoms with E-state index in [2.05, 4.69) is 17.2 Å². The van der Waals surface area contributed by atoms with Crippen molar-refractivity contribution in [2.24, 2.45) is 0 Å². The summed E-state index contributed by atoms with van der Waals surface area (Å²) >= 11 is 0. The quantitative estimate of drug-likeness (QED) is 0.830. The molecule has 0 atom stereocenters. The van der Waals surface area contributed by atoms with E-state index >= 15 is 0 Å². The molecule has 136 valence electrons. The van der Waals surface area contributed by atoms with Crippen molar-refractivity contribution in [3.63, 3.8) is 0 Å². The minimum atomic E-state index is -4.48. The zero-order valence-electron chi connectivity index (χ0n) is 13.9. The molecule has 7 heteroatoms. The molecule has 0 radical (unpaired) electrons. The van der Waals surface area contributed by atoms with E-state index < -0.39 is 17.6 Å². The van der Waals surface area contributed by atoms with Gasteiger partial charge in [0, 0.05) is 5.56 Å². The standard InChI is InChI=1S/C19H16F3NO3/c1-25-16-10-4-5-11-17(16)26-13-18(24)23-12-6-8-14-7-2-3-9-15(14)19(20,21)22/h2-5,7,9-11H,12-13H2,1H3,(H,23,24). The lowest BCUT2D eigenvalue weighted by Gasteiger charge is -2.09. The van der Waals surface area contributed by atoms with E-state index in [4.69, 9.17) is 9.47 Å². The van der Waals surface area contributed by atoms with Gasteiger partial charge in [-0.25, -0.2) is 0 Å². The van der Waals surface area contributed by atoms with Crippen LogP contribution in [0.3, 0.4) is 0 Å². The Bertz CT molecular complexity index is 823. The maximum absolute atomic E-state index is 12.8. The molecule has 0 aliphatic carbocycles. The summed E-state index contributed by atoms with van der Waals surface area (Å²) in [5.74, 6) is 5.38. The van der Waals surface area contributed by atoms with Gasteiger partial charge in [-0.1, -0.05) is 36.1 Å². The van der Waals surface area contributed by atoms with Gasteiger partial charge in [0.05, 0.1) is 19.2 Å². The molecule has 1 N–H and O–H groups in total. The average molecular weight is 363 g/mol. The van der Waals surface area contributed by atoms with E-state index in [0.717, 1.165) is 6.07 Å². The second-order valence-electron chi connectivity index (χ2n) is 5.06. The fourth-order valence-electron chi connectivity index (χ4n) is 2.05. The number of hydrogen-bond acceptors (Lipinski definition) is 3. The third-order valence-corrected chi connectivity index (χ3v) is 3.26. The first kappa shape index (κ1) is 19.2. The lowest BCUT2D eigenvalue weighted by Crippen LogP contribution is -2.29. The highest BCUT2D eigenvalue weighted by atomic mass is 19.4. The van der Waals surface area contributed by atoms with Crippen LogP contribution in [0.25, 0.3) is 0 Å². The van der Waals surface area contributed by atoms with Crippen molar-refractivity contribution in [2.45, 2.75) is 6.18 Å². The van der Waals surface area contributed by atoms with E-state index in [9.17, 15) is 18.0 Å². The number of para-hydroxylation sites is 2. The maximum atomic E-state index is 12.8. The van der Waals surface area contributed by atoms with Crippen LogP contribution in [0.15, 0.2) is 48.5 Å². The molecule has 0 aliphatic heterocycles. The summed E-state index contributed by atoms with van der Waals surface area (Å²) in [7, 11) is 1.48. The molecule has 0 unspecified atom stereocenters. The minimum Gasteiger partial charge on any atom is -0.493 e. The molecule has 2 aromatic carbocycles. The Morgan fingerprint density at radius 3 is 2.42 bits per heavy atom. The molecule has 26 heavy (non-hydrogen) atoms. The zero-order valence-corrected chi connectivity index (χ0v) is 13.9. The summed E-state index contributed by atoms with van der Waals surface area (Å²) in [6.07, 6.45) is -4.48. The molecular weight excluding hydrogens is 347 g/mol. The molecule has 0 heterocycles. The number of methoxy groups -OCH3 is 1. The number of carbonyl (C=O) groups excluding carboxylic acids is 1. The summed E-state index contributed by atoms with van der Waals surface area (Å²) in [5, 5.41) is 2.46. The van der Waals surface area contributed by atoms with Gasteiger partial charge in [-0.2, -0.15) is 13.2 Å². The Hall–Kier alpha value is -3.14. The van der Waals surface area contributed by atoms with Gasteiger partial charge in [0.15, 0.2) is 18.1 Å². The van der Waals surface area contributed by atoms with Crippen LogP contribution in [-0.2, 0) is 11.0 Å². The monoisotopic (exact) mass is 363 g/mol. The highest BCUT2D eigenvalue weighted by Gasteiger charge is 2.32. The normalized spacial score (nSPS) is 10.5. The predicted molar refractivity (Wildman–Crippen MR) is 89.8 cm³/mol. The van der Waals surface area contributed by atoms with Crippen molar-refractivity contribution >= 4 is 5.91 Å². The number of hydrogen-bond donors (Lipinski definition) is 1. The number of carbonyl (C=O) groups is 1. The molecule has 1 amide bonds. The van der Waals surface area contributed by atoms with Crippen LogP contribution in [0.2, 0.25) is 0 Å². The molecular formula is C19H16F3NO3. The minimum absolute atomic E-state index is 0.0969. The highest BCUT2D eigenvalue weighted by Crippen LogP contribution is 2.31. The van der Waals surface area contributed by atoms with Crippen molar-refractivity contribution in [3.8, 4) is 23.3 Å². The van der Waals surface area contributed by atoms with E-state index in [-0.39, 0.29) is 18.7 Å². The Morgan fingerprint density at radius 2 is 1.73 bits per heavy atom. The Balaban J connectivity index is 1.88. The number of nitrogens with one attached hydrogen (secondary N) is 1. The molecule has 4 nitrogen and oxygen atoms in total. The lowest BCUT2D eigenvalue weighted by atomic mass is 10.1. The SMILES string of the molecule is COc1ccccc1OCC(=O)NCC#Cc1ccccc1C(F)(F)F. The molecule has 2 aromatic rings. The zero-order chi connectivity index (χ0) is 19.0. The third-order valence-electron chi connectivity index (χ3n) is 3.26. The van der Waals surface area contributed by atoms with Crippen LogP contribution in [-0.4, -0.2) is 26.2 Å². The van der Waals surface area contributed by atoms with Crippen molar-refractivity contribution in [3.05, 3.63) is 59.7 Å². The lowest BCUT2D eigenvalue weighted by molar-refractivity contribution is -0.137. The van der Waals surface area contributed by atoms with Crippen LogP contribution in [0.5, 0.6) is 11.5 Å². The smallest absolute Gasteiger partial charge is 0.417 e. The van der Waals surface area contributed by atoms with Crippen molar-refractivity contribution in [2.75, 3.05) is 20.3 Å². The van der Waals surface area contributed by atoms with Gasteiger partial charge in [0.2, 0.25) is 0 Å². The second-order valence-corrected chi connectivity index (χ2v) is 5.06. The Kier molecular flexibility index (Phi) is 6.50. The van der Waals surface area contributed by atoms with Crippen LogP contribution in [0.1, 0.15) is 11.1 Å². The molecule has 0 fully saturated rings. The molecule has 0 aliphatic rings. The first-order valence-electron chi connectivity index (χ1n) is 7.59. The third kappa shape index (κ3) is 5.45. The first-order chi connectivity index (χ1) is 12.4. The van der Waals surface area contributed by atoms with E-state index in [1.165, 1.54) is 25.3 Å². The van der Waals surface area contributed by atoms with Gasteiger partial charge in [0.1, 0.15) is 0 Å². The van der Waals surface area contributed by atoms with Crippen molar-refractivity contribution < 1.29 is 27.4 Å². The summed E-state index contributed by atoms with van der Waals surface area (Å²) < 4.78 is 49.0. The second kappa shape index (κ2) is 8.81. The largest absolute Gasteiger partial charge is 0.493 e. The summed E-state index contributed by atoms with van der Waals surface area (Å²) in [5.41, 5.74) is -0.946. The number of rotatable bonds is 5. The van der Waals surface area contributed by atoms with Gasteiger partial charge >= 0.3 is 6.18 Å². The van der Waals surface area contributed by atoms with Gasteiger partial charge in [0.25, 0.3) is 5.91 Å². The van der Waals surface area contributed by atoms with E-state index in [0.29, 0.717) is 11.5 Å². The summed E-state index contributed by atoms with van der Waals surface area (Å²) in [6.45, 7) is -0.360. The van der Waals surface area contributed by atoms with Crippen molar-refractivity contribution in [1.82, 2.24) is 5.32 Å². The number of alkyl halides is 3. The highest BCUT2D eigenvalue weighted by molar-refractivity contribution is 5.77. The molecule has 2 rings (SSSR count). The fraction of sp³-hybridized carbons (Fsp3) is 0.211. The van der Waals surface area contributed by atoms with E-state index in [1.54, 1.807) is 24.3 Å². The maximum Gasteiger partial charge on any atom is 0.417 e. The Morgan fingerprint density at radius 1 is 1.08 bits per heavy atom. The van der Waals surface area contributed by atoms with Crippen LogP contribution in [0.4, 0.5) is 13.2 Å². The van der Waals surface area contributed by atoms with Gasteiger partial charge in [-0.15, -0.1) is 0 Å². The number of halogens is 3. The molecule has 0 spiro atoms. The van der Waals surface area contributed by atoms with Gasteiger partial charge in [-0.05, 0) is 24.3 Å². The average Bonchev–Trinajstić information content (AvgIpc) is 2.63. The number of benzene rings is 2. The summed E-state index contributed by atoms with van der Waals surface area (Å²) in [4.78, 5) is 11.7. The van der Waals surface area contributed by atoms with Crippen LogP contribution >= 0.6 is 0 Å². The van der Waals surface area contributed by atoms with Gasteiger partial charge < -0.3 is 14.8 Å². The fourth-order valence-corrected chi connectivity index (χ4v) is 2.05. The first-order valence-corrected chi connectivity index (χ1v) is 7.59. The van der Waals surface area contributed by atoms with Crippen LogP contribution < -0.4 is 14.8 Å². The van der Waals surface area contributed by atoms with E-state index in [1.807, 2.05) is 0 Å². The summed E-state index contributed by atoms with van der Waals surface area (Å²) in [6, 6.07) is 11.9. The molecule has 0 aromatic heterocycles. The number of amides is 1. The van der Waals surface area contributed by atoms with Crippen molar-refractivity contribution in [1.29, 1.82) is 0 Å². The molecule has 0 saturated heterocycles. The van der Waals surface area contributed by atoms with Crippen LogP contribution in [0, 0.1) is 11.8 Å². The number of ether oxygens (including phenoxy) is 2. The molecule has 0 bridgehead atoms. The van der Waals surface area contributed by atoms with Gasteiger partial charge in [-0.3, -0.25) is 4.79 Å².